The van der Waals surface area contributed by atoms with Gasteiger partial charge in [-0.25, -0.2) is 0 Å². The molecule has 0 heterocycles. The van der Waals surface area contributed by atoms with Gasteiger partial charge in [0.25, 0.3) is 0 Å². The Labute approximate surface area is 131 Å². The molecule has 0 amide bonds. The summed E-state index contributed by atoms with van der Waals surface area (Å²) in [6.45, 7) is 0. The Bertz CT molecular complexity index is 341. The molecule has 0 aliphatic heterocycles. The van der Waals surface area contributed by atoms with Gasteiger partial charge in [-0.3, -0.25) is 0 Å². The lowest BCUT2D eigenvalue weighted by Crippen LogP contribution is -2.43. The molecule has 0 bridgehead atoms. The summed E-state index contributed by atoms with van der Waals surface area (Å²) in [6.07, 6.45) is 0.916. The zero-order valence-electron chi connectivity index (χ0n) is 10.1. The zero-order valence-corrected chi connectivity index (χ0v) is 15.4. The first-order chi connectivity index (χ1) is 8.08. The third kappa shape index (κ3) is 4.13. The van der Waals surface area contributed by atoms with E-state index in [1.807, 2.05) is 0 Å². The Morgan fingerprint density at radius 3 is 1.88 bits per heavy atom. The second-order valence-corrected chi connectivity index (χ2v) is 8.91. The smallest absolute Gasteiger partial charge is 0.377 e. The molecule has 0 atom stereocenters. The van der Waals surface area contributed by atoms with E-state index in [-0.39, 0.29) is 0 Å². The van der Waals surface area contributed by atoms with Crippen LogP contribution in [0.15, 0.2) is 18.2 Å². The molecular formula is C11H16I2O3Si. The monoisotopic (exact) mass is 478 g/mol. The highest BCUT2D eigenvalue weighted by molar-refractivity contribution is 14.1. The summed E-state index contributed by atoms with van der Waals surface area (Å²) in [6, 6.07) is 7.11. The van der Waals surface area contributed by atoms with Crippen molar-refractivity contribution in [3.8, 4) is 0 Å². The predicted octanol–water partition coefficient (Wildman–Crippen LogP) is 3.32. The van der Waals surface area contributed by atoms with E-state index in [9.17, 15) is 0 Å². The number of benzene rings is 1. The van der Waals surface area contributed by atoms with Gasteiger partial charge in [0.2, 0.25) is 0 Å². The highest BCUT2D eigenvalue weighted by Gasteiger charge is 2.37. The molecule has 1 aromatic carbocycles. The molecule has 0 aromatic heterocycles. The van der Waals surface area contributed by atoms with Gasteiger partial charge in [0, 0.05) is 34.5 Å². The molecule has 3 nitrogen and oxygen atoms in total. The van der Waals surface area contributed by atoms with Gasteiger partial charge >= 0.3 is 8.80 Å². The van der Waals surface area contributed by atoms with Crippen LogP contribution in [0.4, 0.5) is 0 Å². The van der Waals surface area contributed by atoms with Gasteiger partial charge in [-0.1, -0.05) is 6.07 Å². The van der Waals surface area contributed by atoms with Crippen molar-refractivity contribution < 1.29 is 13.3 Å². The number of rotatable bonds is 6. The molecule has 17 heavy (non-hydrogen) atoms. The molecule has 0 N–H and O–H groups in total. The molecule has 0 spiro atoms. The van der Waals surface area contributed by atoms with Crippen LogP contribution < -0.4 is 0 Å². The Balaban J connectivity index is 2.79. The van der Waals surface area contributed by atoms with E-state index in [2.05, 4.69) is 63.4 Å². The maximum Gasteiger partial charge on any atom is 0.500 e. The van der Waals surface area contributed by atoms with Crippen LogP contribution in [0.3, 0.4) is 0 Å². The van der Waals surface area contributed by atoms with E-state index >= 15 is 0 Å². The van der Waals surface area contributed by atoms with E-state index in [1.54, 1.807) is 21.3 Å². The Kier molecular flexibility index (Phi) is 6.88. The standard InChI is InChI=1S/C11H16I2O3Si/c1-14-17(15-2,16-3)8-7-9-10(12)5-4-6-11(9)13/h4-6H,7-8H2,1-3H3. The topological polar surface area (TPSA) is 27.7 Å². The fourth-order valence-electron chi connectivity index (χ4n) is 1.61. The van der Waals surface area contributed by atoms with Crippen LogP contribution in [0.25, 0.3) is 0 Å². The van der Waals surface area contributed by atoms with E-state index < -0.39 is 8.80 Å². The van der Waals surface area contributed by atoms with Gasteiger partial charge in [-0.15, -0.1) is 0 Å². The van der Waals surface area contributed by atoms with Crippen molar-refractivity contribution in [2.24, 2.45) is 0 Å². The second kappa shape index (κ2) is 7.39. The fraction of sp³-hybridized carbons (Fsp3) is 0.455. The largest absolute Gasteiger partial charge is 0.500 e. The van der Waals surface area contributed by atoms with Crippen LogP contribution in [0.2, 0.25) is 6.04 Å². The normalized spacial score (nSPS) is 11.8. The van der Waals surface area contributed by atoms with E-state index in [1.165, 1.54) is 12.7 Å². The van der Waals surface area contributed by atoms with Crippen molar-refractivity contribution in [3.05, 3.63) is 30.9 Å². The third-order valence-corrected chi connectivity index (χ3v) is 7.43. The summed E-state index contributed by atoms with van der Waals surface area (Å²) in [7, 11) is 2.51. The minimum atomic E-state index is -2.45. The average Bonchev–Trinajstić information content (AvgIpc) is 2.34. The van der Waals surface area contributed by atoms with Crippen LogP contribution in [0, 0.1) is 7.14 Å². The average molecular weight is 478 g/mol. The first kappa shape index (κ1) is 15.8. The minimum absolute atomic E-state index is 0.798. The summed E-state index contributed by atoms with van der Waals surface area (Å²) in [5, 5.41) is 0. The predicted molar refractivity (Wildman–Crippen MR) is 87.2 cm³/mol. The first-order valence-corrected chi connectivity index (χ1v) is 9.26. The molecular weight excluding hydrogens is 462 g/mol. The van der Waals surface area contributed by atoms with Crippen molar-refractivity contribution in [2.75, 3.05) is 21.3 Å². The lowest BCUT2D eigenvalue weighted by atomic mass is 10.2. The summed E-state index contributed by atoms with van der Waals surface area (Å²) < 4.78 is 18.8. The van der Waals surface area contributed by atoms with Crippen LogP contribution in [-0.2, 0) is 19.7 Å². The maximum absolute atomic E-state index is 5.43. The van der Waals surface area contributed by atoms with Gasteiger partial charge in [-0.05, 0) is 69.3 Å². The summed E-state index contributed by atoms with van der Waals surface area (Å²) >= 11 is 4.72. The molecule has 96 valence electrons. The lowest BCUT2D eigenvalue weighted by Gasteiger charge is -2.24. The van der Waals surface area contributed by atoms with Crippen molar-refractivity contribution in [1.82, 2.24) is 0 Å². The lowest BCUT2D eigenvalue weighted by molar-refractivity contribution is 0.123. The second-order valence-electron chi connectivity index (χ2n) is 3.50. The van der Waals surface area contributed by atoms with Gasteiger partial charge in [0.05, 0.1) is 0 Å². The van der Waals surface area contributed by atoms with E-state index in [4.69, 9.17) is 13.3 Å². The Hall–Kier alpha value is 0.777. The number of halogens is 2. The number of hydrogen-bond acceptors (Lipinski definition) is 3. The molecule has 0 aliphatic carbocycles. The molecule has 1 rings (SSSR count). The first-order valence-electron chi connectivity index (χ1n) is 5.17. The van der Waals surface area contributed by atoms with E-state index in [0.29, 0.717) is 0 Å². The summed E-state index contributed by atoms with van der Waals surface area (Å²) in [5.74, 6) is 0. The minimum Gasteiger partial charge on any atom is -0.377 e. The van der Waals surface area contributed by atoms with Gasteiger partial charge < -0.3 is 13.3 Å². The van der Waals surface area contributed by atoms with Crippen molar-refractivity contribution in [1.29, 1.82) is 0 Å². The molecule has 0 fully saturated rings. The third-order valence-electron chi connectivity index (χ3n) is 2.68. The van der Waals surface area contributed by atoms with Crippen LogP contribution in [0.5, 0.6) is 0 Å². The van der Waals surface area contributed by atoms with Crippen LogP contribution >= 0.6 is 45.2 Å². The van der Waals surface area contributed by atoms with Crippen molar-refractivity contribution in [2.45, 2.75) is 12.5 Å². The van der Waals surface area contributed by atoms with E-state index in [0.717, 1.165) is 12.5 Å². The molecule has 0 saturated carbocycles. The SMILES string of the molecule is CO[Si](CCc1c(I)cccc1I)(OC)OC. The number of hydrogen-bond donors (Lipinski definition) is 0. The van der Waals surface area contributed by atoms with Crippen LogP contribution in [-0.4, -0.2) is 30.1 Å². The van der Waals surface area contributed by atoms with Gasteiger partial charge in [0.1, 0.15) is 0 Å². The summed E-state index contributed by atoms with van der Waals surface area (Å²) in [4.78, 5) is 0. The molecule has 0 aliphatic rings. The van der Waals surface area contributed by atoms with Crippen molar-refractivity contribution >= 4 is 54.0 Å². The quantitative estimate of drug-likeness (QED) is 0.464. The van der Waals surface area contributed by atoms with Crippen LogP contribution in [0.1, 0.15) is 5.56 Å². The van der Waals surface area contributed by atoms with Gasteiger partial charge in [0.15, 0.2) is 0 Å². The Morgan fingerprint density at radius 2 is 1.47 bits per heavy atom. The fourth-order valence-corrected chi connectivity index (χ4v) is 5.33. The summed E-state index contributed by atoms with van der Waals surface area (Å²) in [5.41, 5.74) is 1.34. The molecule has 0 saturated heterocycles. The molecule has 0 radical (unpaired) electrons. The Morgan fingerprint density at radius 1 is 1.00 bits per heavy atom. The molecule has 0 unspecified atom stereocenters. The highest BCUT2D eigenvalue weighted by atomic mass is 127. The maximum atomic E-state index is 5.43. The highest BCUT2D eigenvalue weighted by Crippen LogP contribution is 2.24. The van der Waals surface area contributed by atoms with Gasteiger partial charge in [-0.2, -0.15) is 0 Å². The van der Waals surface area contributed by atoms with Crippen molar-refractivity contribution in [3.63, 3.8) is 0 Å². The molecule has 1 aromatic rings. The zero-order chi connectivity index (χ0) is 12.9. The molecule has 6 heteroatoms.